The first-order chi connectivity index (χ1) is 11.7. The van der Waals surface area contributed by atoms with Gasteiger partial charge >= 0.3 is 0 Å². The van der Waals surface area contributed by atoms with Gasteiger partial charge in [0, 0.05) is 38.8 Å². The van der Waals surface area contributed by atoms with Crippen LogP contribution in [-0.2, 0) is 4.79 Å². The van der Waals surface area contributed by atoms with E-state index in [1.54, 1.807) is 7.11 Å². The van der Waals surface area contributed by atoms with E-state index in [4.69, 9.17) is 4.74 Å². The molecule has 0 spiro atoms. The third kappa shape index (κ3) is 3.83. The zero-order valence-corrected chi connectivity index (χ0v) is 14.9. The van der Waals surface area contributed by atoms with Crippen LogP contribution >= 0.6 is 0 Å². The molecule has 0 aromatic heterocycles. The number of rotatable bonds is 4. The lowest BCUT2D eigenvalue weighted by Crippen LogP contribution is -2.52. The van der Waals surface area contributed by atoms with Crippen LogP contribution in [0.5, 0.6) is 5.75 Å². The Morgan fingerprint density at radius 3 is 2.58 bits per heavy atom. The summed E-state index contributed by atoms with van der Waals surface area (Å²) in [4.78, 5) is 19.3. The average molecular weight is 331 g/mol. The minimum atomic E-state index is 0.299. The van der Waals surface area contributed by atoms with Crippen LogP contribution in [0.25, 0.3) is 0 Å². The average Bonchev–Trinajstić information content (AvgIpc) is 2.62. The van der Waals surface area contributed by atoms with Gasteiger partial charge in [0.1, 0.15) is 5.75 Å². The lowest BCUT2D eigenvalue weighted by atomic mass is 10.0. The lowest BCUT2D eigenvalue weighted by Gasteiger charge is -2.39. The number of ether oxygens (including phenoxy) is 1. The number of amides is 1. The zero-order valence-electron chi connectivity index (χ0n) is 14.9. The summed E-state index contributed by atoms with van der Waals surface area (Å²) < 4.78 is 5.47. The minimum Gasteiger partial charge on any atom is -0.495 e. The van der Waals surface area contributed by atoms with E-state index in [1.807, 2.05) is 18.2 Å². The molecule has 5 nitrogen and oxygen atoms in total. The van der Waals surface area contributed by atoms with Crippen LogP contribution in [-0.4, -0.2) is 68.1 Å². The summed E-state index contributed by atoms with van der Waals surface area (Å²) in [7, 11) is 1.72. The van der Waals surface area contributed by atoms with Gasteiger partial charge in [-0.05, 0) is 38.3 Å². The molecule has 0 aliphatic carbocycles. The second kappa shape index (κ2) is 7.88. The predicted octanol–water partition coefficient (Wildman–Crippen LogP) is 2.22. The van der Waals surface area contributed by atoms with Crippen LogP contribution < -0.4 is 9.64 Å². The molecule has 2 aliphatic rings. The highest BCUT2D eigenvalue weighted by Crippen LogP contribution is 2.28. The molecule has 1 amide bonds. The molecular weight excluding hydrogens is 302 g/mol. The number of nitrogens with zero attached hydrogens (tertiary/aromatic N) is 3. The summed E-state index contributed by atoms with van der Waals surface area (Å²) in [5.74, 6) is 1.22. The van der Waals surface area contributed by atoms with E-state index in [0.29, 0.717) is 18.5 Å². The molecule has 1 atom stereocenters. The maximum atomic E-state index is 12.6. The third-order valence-electron chi connectivity index (χ3n) is 5.28. The highest BCUT2D eigenvalue weighted by Gasteiger charge is 2.26. The number of likely N-dealkylation sites (tertiary alicyclic amines) is 1. The fourth-order valence-electron chi connectivity index (χ4n) is 3.79. The van der Waals surface area contributed by atoms with Gasteiger partial charge in [0.2, 0.25) is 5.91 Å². The molecule has 0 saturated carbocycles. The minimum absolute atomic E-state index is 0.299. The monoisotopic (exact) mass is 331 g/mol. The third-order valence-corrected chi connectivity index (χ3v) is 5.28. The summed E-state index contributed by atoms with van der Waals surface area (Å²) in [6, 6.07) is 8.56. The van der Waals surface area contributed by atoms with E-state index >= 15 is 0 Å². The van der Waals surface area contributed by atoms with Crippen molar-refractivity contribution in [3.05, 3.63) is 24.3 Å². The number of benzene rings is 1. The molecule has 24 heavy (non-hydrogen) atoms. The van der Waals surface area contributed by atoms with Crippen molar-refractivity contribution in [3.63, 3.8) is 0 Å². The van der Waals surface area contributed by atoms with Crippen molar-refractivity contribution < 1.29 is 9.53 Å². The highest BCUT2D eigenvalue weighted by atomic mass is 16.5. The van der Waals surface area contributed by atoms with Gasteiger partial charge < -0.3 is 14.5 Å². The number of carbonyl (C=O) groups excluding carboxylic acids is 1. The Balaban J connectivity index is 1.52. The summed E-state index contributed by atoms with van der Waals surface area (Å²) in [5.41, 5.74) is 1.15. The van der Waals surface area contributed by atoms with Crippen molar-refractivity contribution in [1.29, 1.82) is 0 Å². The van der Waals surface area contributed by atoms with E-state index in [2.05, 4.69) is 27.7 Å². The van der Waals surface area contributed by atoms with Crippen molar-refractivity contribution in [2.24, 2.45) is 0 Å². The Labute approximate surface area is 145 Å². The molecule has 2 fully saturated rings. The summed E-state index contributed by atoms with van der Waals surface area (Å²) in [6.07, 6.45) is 3.55. The smallest absolute Gasteiger partial charge is 0.236 e. The number of hydrogen-bond acceptors (Lipinski definition) is 4. The number of para-hydroxylation sites is 2. The molecule has 0 bridgehead atoms. The molecule has 1 aromatic carbocycles. The Bertz CT molecular complexity index is 555. The van der Waals surface area contributed by atoms with Crippen LogP contribution in [0.1, 0.15) is 26.2 Å². The Kier molecular flexibility index (Phi) is 5.61. The predicted molar refractivity (Wildman–Crippen MR) is 96.7 cm³/mol. The van der Waals surface area contributed by atoms with Crippen LogP contribution in [0.4, 0.5) is 5.69 Å². The van der Waals surface area contributed by atoms with E-state index in [-0.39, 0.29) is 0 Å². The van der Waals surface area contributed by atoms with Gasteiger partial charge in [-0.15, -0.1) is 0 Å². The molecule has 0 radical (unpaired) electrons. The molecule has 2 heterocycles. The van der Waals surface area contributed by atoms with E-state index in [0.717, 1.165) is 57.0 Å². The number of methoxy groups -OCH3 is 1. The lowest BCUT2D eigenvalue weighted by molar-refractivity contribution is -0.135. The maximum absolute atomic E-state index is 12.6. The number of piperidine rings is 1. The first-order valence-electron chi connectivity index (χ1n) is 9.09. The first-order valence-corrected chi connectivity index (χ1v) is 9.09. The van der Waals surface area contributed by atoms with Gasteiger partial charge in [-0.1, -0.05) is 12.1 Å². The second-order valence-electron chi connectivity index (χ2n) is 6.87. The van der Waals surface area contributed by atoms with E-state index < -0.39 is 0 Å². The number of anilines is 1. The van der Waals surface area contributed by atoms with E-state index in [9.17, 15) is 4.79 Å². The summed E-state index contributed by atoms with van der Waals surface area (Å²) >= 11 is 0. The Hall–Kier alpha value is -1.75. The standard InChI is InChI=1S/C19H29N3O2/c1-16-7-5-6-10-22(16)19(23)15-20-11-13-21(14-12-20)17-8-3-4-9-18(17)24-2/h3-4,8-9,16H,5-7,10-15H2,1-2H3. The molecule has 3 rings (SSSR count). The van der Waals surface area contributed by atoms with Gasteiger partial charge in [-0.25, -0.2) is 0 Å². The Morgan fingerprint density at radius 2 is 1.88 bits per heavy atom. The fraction of sp³-hybridized carbons (Fsp3) is 0.632. The van der Waals surface area contributed by atoms with Crippen molar-refractivity contribution in [2.75, 3.05) is 51.3 Å². The SMILES string of the molecule is COc1ccccc1N1CCN(CC(=O)N2CCCCC2C)CC1. The first kappa shape index (κ1) is 17.1. The summed E-state index contributed by atoms with van der Waals surface area (Å²) in [6.45, 7) is 7.38. The summed E-state index contributed by atoms with van der Waals surface area (Å²) in [5, 5.41) is 0. The zero-order chi connectivity index (χ0) is 16.9. The van der Waals surface area contributed by atoms with Crippen molar-refractivity contribution in [2.45, 2.75) is 32.2 Å². The van der Waals surface area contributed by atoms with Crippen LogP contribution in [0.2, 0.25) is 0 Å². The van der Waals surface area contributed by atoms with Crippen LogP contribution in [0.15, 0.2) is 24.3 Å². The Morgan fingerprint density at radius 1 is 1.12 bits per heavy atom. The largest absolute Gasteiger partial charge is 0.495 e. The molecule has 2 saturated heterocycles. The van der Waals surface area contributed by atoms with E-state index in [1.165, 1.54) is 6.42 Å². The fourth-order valence-corrected chi connectivity index (χ4v) is 3.79. The molecule has 1 aromatic rings. The molecule has 0 N–H and O–H groups in total. The van der Waals surface area contributed by atoms with Gasteiger partial charge in [0.25, 0.3) is 0 Å². The van der Waals surface area contributed by atoms with Gasteiger partial charge in [0.05, 0.1) is 19.3 Å². The molecular formula is C19H29N3O2. The molecule has 1 unspecified atom stereocenters. The molecule has 2 aliphatic heterocycles. The molecule has 132 valence electrons. The number of piperazine rings is 1. The van der Waals surface area contributed by atoms with Crippen molar-refractivity contribution in [3.8, 4) is 5.75 Å². The molecule has 5 heteroatoms. The quantitative estimate of drug-likeness (QED) is 0.848. The number of carbonyl (C=O) groups is 1. The van der Waals surface area contributed by atoms with Gasteiger partial charge in [-0.3, -0.25) is 9.69 Å². The van der Waals surface area contributed by atoms with Crippen LogP contribution in [0.3, 0.4) is 0 Å². The highest BCUT2D eigenvalue weighted by molar-refractivity contribution is 5.78. The van der Waals surface area contributed by atoms with Crippen LogP contribution in [0, 0.1) is 0 Å². The number of hydrogen-bond donors (Lipinski definition) is 0. The normalized spacial score (nSPS) is 22.5. The topological polar surface area (TPSA) is 36.0 Å². The maximum Gasteiger partial charge on any atom is 0.236 e. The van der Waals surface area contributed by atoms with Crippen molar-refractivity contribution >= 4 is 11.6 Å². The van der Waals surface area contributed by atoms with Crippen molar-refractivity contribution in [1.82, 2.24) is 9.80 Å². The van der Waals surface area contributed by atoms with Gasteiger partial charge in [-0.2, -0.15) is 0 Å². The second-order valence-corrected chi connectivity index (χ2v) is 6.87. The van der Waals surface area contributed by atoms with Gasteiger partial charge in [0.15, 0.2) is 0 Å².